The number of hydrogen-bond acceptors (Lipinski definition) is 2. The van der Waals surface area contributed by atoms with Gasteiger partial charge in [-0.25, -0.2) is 0 Å². The fourth-order valence-electron chi connectivity index (χ4n) is 5.01. The lowest BCUT2D eigenvalue weighted by molar-refractivity contribution is 0.0369. The van der Waals surface area contributed by atoms with Crippen molar-refractivity contribution >= 4 is 12.4 Å². The van der Waals surface area contributed by atoms with Crippen molar-refractivity contribution in [3.05, 3.63) is 71.8 Å². The third-order valence-electron chi connectivity index (χ3n) is 6.28. The molecule has 1 saturated carbocycles. The van der Waals surface area contributed by atoms with E-state index in [1.807, 2.05) is 6.07 Å². The molecule has 136 valence electrons. The van der Waals surface area contributed by atoms with Crippen molar-refractivity contribution in [3.8, 4) is 6.07 Å². The number of likely N-dealkylation sites (tertiary alicyclic amines) is 1. The summed E-state index contributed by atoms with van der Waals surface area (Å²) in [5, 5.41) is 10.0. The Balaban J connectivity index is 0.00000196. The van der Waals surface area contributed by atoms with Crippen LogP contribution in [0.15, 0.2) is 60.7 Å². The second-order valence-corrected chi connectivity index (χ2v) is 7.73. The molecule has 2 nitrogen and oxygen atoms in total. The van der Waals surface area contributed by atoms with Crippen LogP contribution in [0.25, 0.3) is 0 Å². The second-order valence-electron chi connectivity index (χ2n) is 7.73. The molecule has 0 N–H and O–H groups in total. The van der Waals surface area contributed by atoms with Gasteiger partial charge >= 0.3 is 0 Å². The molecule has 2 aromatic carbocycles. The lowest BCUT2D eigenvalue weighted by Crippen LogP contribution is -2.50. The average Bonchev–Trinajstić information content (AvgIpc) is 2.69. The number of fused-ring (bicyclic) bond motifs is 1. The molecule has 0 aromatic heterocycles. The molecule has 0 amide bonds. The van der Waals surface area contributed by atoms with Crippen molar-refractivity contribution in [3.63, 3.8) is 0 Å². The summed E-state index contributed by atoms with van der Waals surface area (Å²) >= 11 is 0. The zero-order valence-corrected chi connectivity index (χ0v) is 16.0. The number of hydrogen-bond donors (Lipinski definition) is 0. The van der Waals surface area contributed by atoms with Crippen LogP contribution >= 0.6 is 12.4 Å². The number of piperidine rings is 1. The smallest absolute Gasteiger partial charge is 0.0826 e. The molecule has 0 spiro atoms. The van der Waals surface area contributed by atoms with Crippen LogP contribution in [-0.2, 0) is 12.0 Å². The van der Waals surface area contributed by atoms with E-state index in [0.29, 0.717) is 12.0 Å². The average molecular weight is 367 g/mol. The highest BCUT2D eigenvalue weighted by Crippen LogP contribution is 2.46. The van der Waals surface area contributed by atoms with Gasteiger partial charge in [0, 0.05) is 12.6 Å². The van der Waals surface area contributed by atoms with Crippen LogP contribution in [0, 0.1) is 17.2 Å². The lowest BCUT2D eigenvalue weighted by atomic mass is 9.63. The van der Waals surface area contributed by atoms with E-state index in [1.54, 1.807) is 0 Å². The van der Waals surface area contributed by atoms with Crippen molar-refractivity contribution in [2.24, 2.45) is 5.92 Å². The summed E-state index contributed by atoms with van der Waals surface area (Å²) in [6, 6.07) is 24.7. The monoisotopic (exact) mass is 366 g/mol. The lowest BCUT2D eigenvalue weighted by Gasteiger charge is -2.48. The predicted octanol–water partition coefficient (Wildman–Crippen LogP) is 5.33. The topological polar surface area (TPSA) is 27.0 Å². The van der Waals surface area contributed by atoms with Crippen LogP contribution in [0.3, 0.4) is 0 Å². The minimum atomic E-state index is -0.280. The molecule has 2 aromatic rings. The Morgan fingerprint density at radius 2 is 1.69 bits per heavy atom. The number of nitrogens with zero attached hydrogens (tertiary/aromatic N) is 2. The maximum Gasteiger partial charge on any atom is 0.0826 e. The largest absolute Gasteiger partial charge is 0.296 e. The second kappa shape index (κ2) is 8.25. The number of halogens is 1. The third kappa shape index (κ3) is 3.65. The van der Waals surface area contributed by atoms with Gasteiger partial charge in [0.15, 0.2) is 0 Å². The van der Waals surface area contributed by atoms with Gasteiger partial charge in [0.25, 0.3) is 0 Å². The van der Waals surface area contributed by atoms with Gasteiger partial charge in [-0.2, -0.15) is 5.26 Å². The fraction of sp³-hybridized carbons (Fsp3) is 0.435. The standard InChI is InChI=1S/C23H26N2.ClH/c24-18-23(21-11-5-2-6-12-21)14-13-22-20(16-23)10-7-15-25(22)17-19-8-3-1-4-9-19;/h1-6,8-9,11-12,20,22H,7,10,13-17H2;1H/t20-,22-,23?;/m0./s1. The van der Waals surface area contributed by atoms with Crippen molar-refractivity contribution < 1.29 is 0 Å². The van der Waals surface area contributed by atoms with E-state index in [-0.39, 0.29) is 17.8 Å². The first-order valence-electron chi connectivity index (χ1n) is 9.55. The molecule has 0 bridgehead atoms. The summed E-state index contributed by atoms with van der Waals surface area (Å²) in [7, 11) is 0. The fourth-order valence-corrected chi connectivity index (χ4v) is 5.01. The van der Waals surface area contributed by atoms with Crippen molar-refractivity contribution in [1.29, 1.82) is 5.26 Å². The highest BCUT2D eigenvalue weighted by molar-refractivity contribution is 5.85. The van der Waals surface area contributed by atoms with E-state index in [0.717, 1.165) is 25.8 Å². The normalized spacial score (nSPS) is 28.4. The minimum Gasteiger partial charge on any atom is -0.296 e. The van der Waals surface area contributed by atoms with E-state index in [2.05, 4.69) is 65.6 Å². The van der Waals surface area contributed by atoms with Crippen molar-refractivity contribution in [2.45, 2.75) is 50.1 Å². The molecule has 2 aliphatic rings. The molecule has 0 radical (unpaired) electrons. The first kappa shape index (κ1) is 19.0. The quantitative estimate of drug-likeness (QED) is 0.733. The van der Waals surface area contributed by atoms with Gasteiger partial charge < -0.3 is 0 Å². The van der Waals surface area contributed by atoms with Crippen LogP contribution in [0.1, 0.15) is 43.2 Å². The first-order chi connectivity index (χ1) is 12.3. The van der Waals surface area contributed by atoms with E-state index in [4.69, 9.17) is 0 Å². The summed E-state index contributed by atoms with van der Waals surface area (Å²) in [5.74, 6) is 0.645. The maximum absolute atomic E-state index is 10.0. The highest BCUT2D eigenvalue weighted by atomic mass is 35.5. The van der Waals surface area contributed by atoms with E-state index >= 15 is 0 Å². The van der Waals surface area contributed by atoms with Gasteiger partial charge in [-0.3, -0.25) is 4.90 Å². The Labute approximate surface area is 163 Å². The molecule has 3 heteroatoms. The third-order valence-corrected chi connectivity index (χ3v) is 6.28. The van der Waals surface area contributed by atoms with Crippen LogP contribution in [0.5, 0.6) is 0 Å². The zero-order valence-electron chi connectivity index (χ0n) is 15.2. The van der Waals surface area contributed by atoms with E-state index in [9.17, 15) is 5.26 Å². The number of benzene rings is 2. The maximum atomic E-state index is 10.0. The molecule has 1 saturated heterocycles. The summed E-state index contributed by atoms with van der Waals surface area (Å²) in [4.78, 5) is 2.68. The molecule has 3 atom stereocenters. The summed E-state index contributed by atoms with van der Waals surface area (Å²) in [5.41, 5.74) is 2.34. The van der Waals surface area contributed by atoms with Crippen LogP contribution in [0.4, 0.5) is 0 Å². The van der Waals surface area contributed by atoms with E-state index < -0.39 is 0 Å². The van der Waals surface area contributed by atoms with Gasteiger partial charge in [-0.1, -0.05) is 60.7 Å². The van der Waals surface area contributed by atoms with Gasteiger partial charge in [0.05, 0.1) is 11.5 Å². The Bertz CT molecular complexity index is 740. The van der Waals surface area contributed by atoms with Crippen LogP contribution in [-0.4, -0.2) is 17.5 Å². The molecular formula is C23H27ClN2. The Kier molecular flexibility index (Phi) is 6.01. The van der Waals surface area contributed by atoms with Gasteiger partial charge in [-0.05, 0) is 55.7 Å². The predicted molar refractivity (Wildman–Crippen MR) is 108 cm³/mol. The van der Waals surface area contributed by atoms with Crippen molar-refractivity contribution in [1.82, 2.24) is 4.90 Å². The molecule has 26 heavy (non-hydrogen) atoms. The summed E-state index contributed by atoms with van der Waals surface area (Å²) < 4.78 is 0. The molecular weight excluding hydrogens is 340 g/mol. The Morgan fingerprint density at radius 1 is 1.00 bits per heavy atom. The van der Waals surface area contributed by atoms with E-state index in [1.165, 1.54) is 30.5 Å². The molecule has 1 aliphatic carbocycles. The minimum absolute atomic E-state index is 0. The van der Waals surface area contributed by atoms with Crippen LogP contribution in [0.2, 0.25) is 0 Å². The molecule has 1 unspecified atom stereocenters. The first-order valence-corrected chi connectivity index (χ1v) is 9.55. The van der Waals surface area contributed by atoms with Gasteiger partial charge in [-0.15, -0.1) is 12.4 Å². The van der Waals surface area contributed by atoms with Gasteiger partial charge in [0.2, 0.25) is 0 Å². The zero-order chi connectivity index (χ0) is 17.1. The summed E-state index contributed by atoms with van der Waals surface area (Å²) in [6.07, 6.45) is 5.67. The summed E-state index contributed by atoms with van der Waals surface area (Å²) in [6.45, 7) is 2.24. The van der Waals surface area contributed by atoms with Gasteiger partial charge in [0.1, 0.15) is 0 Å². The number of rotatable bonds is 3. The molecule has 1 aliphatic heterocycles. The highest BCUT2D eigenvalue weighted by Gasteiger charge is 2.45. The van der Waals surface area contributed by atoms with Crippen molar-refractivity contribution in [2.75, 3.05) is 6.54 Å². The molecule has 2 fully saturated rings. The Morgan fingerprint density at radius 3 is 2.38 bits per heavy atom. The molecule has 1 heterocycles. The number of nitriles is 1. The Hall–Kier alpha value is -1.82. The SMILES string of the molecule is Cl.N#CC1(c2ccccc2)CC[C@H]2[C@@H](CCCN2Cc2ccccc2)C1. The molecule has 4 rings (SSSR count). The van der Waals surface area contributed by atoms with Crippen LogP contribution < -0.4 is 0 Å².